The van der Waals surface area contributed by atoms with Gasteiger partial charge in [-0.3, -0.25) is 5.32 Å². The third kappa shape index (κ3) is 3.51. The highest BCUT2D eigenvalue weighted by atomic mass is 32.1. The topological polar surface area (TPSA) is 64.1 Å². The van der Waals surface area contributed by atoms with Crippen molar-refractivity contribution in [3.05, 3.63) is 17.5 Å². The Kier molecular flexibility index (Phi) is 4.27. The molecule has 0 atom stereocenters. The molecule has 0 aliphatic rings. The maximum absolute atomic E-state index is 11.4. The van der Waals surface area contributed by atoms with Gasteiger partial charge < -0.3 is 4.74 Å². The van der Waals surface area contributed by atoms with Gasteiger partial charge in [-0.2, -0.15) is 0 Å². The minimum atomic E-state index is -0.488. The molecule has 1 N–H and O–H groups in total. The van der Waals surface area contributed by atoms with E-state index in [9.17, 15) is 4.79 Å². The summed E-state index contributed by atoms with van der Waals surface area (Å²) in [5, 5.41) is 13.7. The first-order chi connectivity index (χ1) is 8.65. The van der Waals surface area contributed by atoms with Gasteiger partial charge in [0.2, 0.25) is 5.13 Å². The summed E-state index contributed by atoms with van der Waals surface area (Å²) >= 11 is 2.92. The number of ether oxygens (including phenoxy) is 1. The summed E-state index contributed by atoms with van der Waals surface area (Å²) in [7, 11) is 0. The molecule has 0 radical (unpaired) electrons. The zero-order valence-electron chi connectivity index (χ0n) is 10.0. The van der Waals surface area contributed by atoms with Gasteiger partial charge in [-0.25, -0.2) is 4.79 Å². The molecule has 96 valence electrons. The standard InChI is InChI=1S/C11H13N3O2S2/c1-7(2)6-16-11(15)12-10-14-13-9(18-10)8-4-3-5-17-8/h3-5,7H,6H2,1-2H3,(H,12,14,15). The van der Waals surface area contributed by atoms with E-state index in [1.807, 2.05) is 31.4 Å². The van der Waals surface area contributed by atoms with E-state index in [1.54, 1.807) is 11.3 Å². The zero-order chi connectivity index (χ0) is 13.0. The number of amides is 1. The number of hydrogen-bond donors (Lipinski definition) is 1. The molecule has 2 heterocycles. The van der Waals surface area contributed by atoms with Crippen molar-refractivity contribution < 1.29 is 9.53 Å². The molecule has 0 aromatic carbocycles. The number of nitrogens with zero attached hydrogens (tertiary/aromatic N) is 2. The molecule has 0 fully saturated rings. The van der Waals surface area contributed by atoms with Crippen molar-refractivity contribution >= 4 is 33.9 Å². The fraction of sp³-hybridized carbons (Fsp3) is 0.364. The van der Waals surface area contributed by atoms with Crippen molar-refractivity contribution in [3.8, 4) is 9.88 Å². The lowest BCUT2D eigenvalue weighted by Crippen LogP contribution is -2.16. The Morgan fingerprint density at radius 3 is 3.00 bits per heavy atom. The van der Waals surface area contributed by atoms with Crippen LogP contribution < -0.4 is 5.32 Å². The first kappa shape index (κ1) is 13.0. The van der Waals surface area contributed by atoms with Crippen molar-refractivity contribution in [2.75, 3.05) is 11.9 Å². The zero-order valence-corrected chi connectivity index (χ0v) is 11.7. The van der Waals surface area contributed by atoms with Crippen molar-refractivity contribution in [3.63, 3.8) is 0 Å². The van der Waals surface area contributed by atoms with E-state index in [0.29, 0.717) is 17.7 Å². The molecule has 7 heteroatoms. The van der Waals surface area contributed by atoms with Crippen LogP contribution in [0.2, 0.25) is 0 Å². The molecule has 0 unspecified atom stereocenters. The predicted molar refractivity (Wildman–Crippen MR) is 73.0 cm³/mol. The molecule has 0 saturated carbocycles. The minimum absolute atomic E-state index is 0.312. The number of rotatable bonds is 4. The molecule has 18 heavy (non-hydrogen) atoms. The van der Waals surface area contributed by atoms with Crippen LogP contribution in [0, 0.1) is 5.92 Å². The largest absolute Gasteiger partial charge is 0.449 e. The second kappa shape index (κ2) is 5.92. The highest BCUT2D eigenvalue weighted by Crippen LogP contribution is 2.29. The Morgan fingerprint density at radius 2 is 2.33 bits per heavy atom. The first-order valence-electron chi connectivity index (χ1n) is 5.46. The number of carbonyl (C=O) groups is 1. The normalized spacial score (nSPS) is 10.6. The maximum atomic E-state index is 11.4. The summed E-state index contributed by atoms with van der Waals surface area (Å²) in [4.78, 5) is 12.5. The van der Waals surface area contributed by atoms with Gasteiger partial charge in [0.25, 0.3) is 0 Å². The van der Waals surface area contributed by atoms with E-state index in [-0.39, 0.29) is 0 Å². The van der Waals surface area contributed by atoms with Crippen LogP contribution in [0.25, 0.3) is 9.88 Å². The fourth-order valence-corrected chi connectivity index (χ4v) is 2.66. The van der Waals surface area contributed by atoms with Crippen LogP contribution in [-0.4, -0.2) is 22.9 Å². The Labute approximate surface area is 113 Å². The number of thiophene rings is 1. The van der Waals surface area contributed by atoms with Crippen LogP contribution in [0.4, 0.5) is 9.93 Å². The molecular weight excluding hydrogens is 270 g/mol. The predicted octanol–water partition coefficient (Wildman–Crippen LogP) is 3.47. The van der Waals surface area contributed by atoms with Crippen LogP contribution in [0.15, 0.2) is 17.5 Å². The molecule has 0 spiro atoms. The number of carbonyl (C=O) groups excluding carboxylic acids is 1. The average Bonchev–Trinajstić information content (AvgIpc) is 2.95. The Hall–Kier alpha value is -1.47. The van der Waals surface area contributed by atoms with Gasteiger partial charge in [0, 0.05) is 0 Å². The molecule has 2 aromatic heterocycles. The first-order valence-corrected chi connectivity index (χ1v) is 7.16. The molecule has 1 amide bonds. The SMILES string of the molecule is CC(C)COC(=O)Nc1nnc(-c2cccs2)s1. The lowest BCUT2D eigenvalue weighted by molar-refractivity contribution is 0.147. The fourth-order valence-electron chi connectivity index (χ4n) is 1.14. The van der Waals surface area contributed by atoms with Crippen LogP contribution >= 0.6 is 22.7 Å². The molecule has 0 bridgehead atoms. The van der Waals surface area contributed by atoms with Gasteiger partial charge in [0.05, 0.1) is 11.5 Å². The van der Waals surface area contributed by atoms with E-state index < -0.39 is 6.09 Å². The van der Waals surface area contributed by atoms with Crippen molar-refractivity contribution in [2.45, 2.75) is 13.8 Å². The number of aromatic nitrogens is 2. The van der Waals surface area contributed by atoms with E-state index in [0.717, 1.165) is 9.88 Å². The summed E-state index contributed by atoms with van der Waals surface area (Å²) < 4.78 is 5.00. The lowest BCUT2D eigenvalue weighted by atomic mass is 10.2. The second-order valence-electron chi connectivity index (χ2n) is 4.01. The Morgan fingerprint density at radius 1 is 1.50 bits per heavy atom. The van der Waals surface area contributed by atoms with Gasteiger partial charge in [-0.1, -0.05) is 31.3 Å². The van der Waals surface area contributed by atoms with Crippen molar-refractivity contribution in [1.29, 1.82) is 0 Å². The van der Waals surface area contributed by atoms with Gasteiger partial charge in [-0.05, 0) is 17.4 Å². The quantitative estimate of drug-likeness (QED) is 0.933. The van der Waals surface area contributed by atoms with E-state index in [4.69, 9.17) is 4.74 Å². The highest BCUT2D eigenvalue weighted by molar-refractivity contribution is 7.23. The van der Waals surface area contributed by atoms with Gasteiger partial charge in [-0.15, -0.1) is 21.5 Å². The Bertz CT molecular complexity index is 508. The molecule has 2 rings (SSSR count). The maximum Gasteiger partial charge on any atom is 0.413 e. The summed E-state index contributed by atoms with van der Waals surface area (Å²) in [6.07, 6.45) is -0.488. The molecule has 0 aliphatic heterocycles. The van der Waals surface area contributed by atoms with E-state index >= 15 is 0 Å². The summed E-state index contributed by atoms with van der Waals surface area (Å²) in [6, 6.07) is 3.91. The molecule has 0 saturated heterocycles. The highest BCUT2D eigenvalue weighted by Gasteiger charge is 2.11. The molecule has 2 aromatic rings. The third-order valence-corrected chi connectivity index (χ3v) is 3.79. The van der Waals surface area contributed by atoms with Crippen LogP contribution in [0.1, 0.15) is 13.8 Å². The van der Waals surface area contributed by atoms with Gasteiger partial charge in [0.1, 0.15) is 0 Å². The number of nitrogens with one attached hydrogen (secondary N) is 1. The van der Waals surface area contributed by atoms with Crippen molar-refractivity contribution in [1.82, 2.24) is 10.2 Å². The smallest absolute Gasteiger partial charge is 0.413 e. The number of anilines is 1. The van der Waals surface area contributed by atoms with Crippen molar-refractivity contribution in [2.24, 2.45) is 5.92 Å². The third-order valence-electron chi connectivity index (χ3n) is 1.91. The van der Waals surface area contributed by atoms with Crippen LogP contribution in [0.3, 0.4) is 0 Å². The molecule has 0 aliphatic carbocycles. The molecule has 5 nitrogen and oxygen atoms in total. The summed E-state index contributed by atoms with van der Waals surface area (Å²) in [6.45, 7) is 4.35. The summed E-state index contributed by atoms with van der Waals surface area (Å²) in [5.41, 5.74) is 0. The monoisotopic (exact) mass is 283 g/mol. The number of hydrogen-bond acceptors (Lipinski definition) is 6. The van der Waals surface area contributed by atoms with Gasteiger partial charge >= 0.3 is 6.09 Å². The second-order valence-corrected chi connectivity index (χ2v) is 5.93. The van der Waals surface area contributed by atoms with Crippen LogP contribution in [-0.2, 0) is 4.74 Å². The Balaban J connectivity index is 1.93. The van der Waals surface area contributed by atoms with E-state index in [1.165, 1.54) is 11.3 Å². The lowest BCUT2D eigenvalue weighted by Gasteiger charge is -2.06. The van der Waals surface area contributed by atoms with E-state index in [2.05, 4.69) is 15.5 Å². The summed E-state index contributed by atoms with van der Waals surface area (Å²) in [5.74, 6) is 0.312. The average molecular weight is 283 g/mol. The minimum Gasteiger partial charge on any atom is -0.449 e. The van der Waals surface area contributed by atoms with Crippen LogP contribution in [0.5, 0.6) is 0 Å². The van der Waals surface area contributed by atoms with Gasteiger partial charge in [0.15, 0.2) is 5.01 Å². The molecular formula is C11H13N3O2S2.